The number of rotatable bonds is 3. The van der Waals surface area contributed by atoms with Gasteiger partial charge in [-0.3, -0.25) is 4.79 Å². The quantitative estimate of drug-likeness (QED) is 0.798. The van der Waals surface area contributed by atoms with Crippen molar-refractivity contribution in [3.63, 3.8) is 0 Å². The van der Waals surface area contributed by atoms with Crippen LogP contribution in [-0.4, -0.2) is 5.91 Å². The molecule has 0 saturated carbocycles. The molecule has 3 N–H and O–H groups in total. The second-order valence-corrected chi connectivity index (χ2v) is 4.63. The van der Waals surface area contributed by atoms with Crippen molar-refractivity contribution in [2.75, 3.05) is 11.1 Å². The van der Waals surface area contributed by atoms with Crippen molar-refractivity contribution in [1.29, 1.82) is 0 Å². The molecule has 1 amide bonds. The summed E-state index contributed by atoms with van der Waals surface area (Å²) in [7, 11) is 0. The summed E-state index contributed by atoms with van der Waals surface area (Å²) in [6.07, 6.45) is 0. The van der Waals surface area contributed by atoms with Gasteiger partial charge in [0.15, 0.2) is 0 Å². The van der Waals surface area contributed by atoms with E-state index < -0.39 is 0 Å². The molecule has 0 aliphatic carbocycles. The molecule has 1 atom stereocenters. The maximum Gasteiger partial charge on any atom is 0.227 e. The lowest BCUT2D eigenvalue weighted by Gasteiger charge is -2.17. The van der Waals surface area contributed by atoms with Crippen LogP contribution < -0.4 is 11.1 Å². The molecule has 4 heteroatoms. The van der Waals surface area contributed by atoms with Gasteiger partial charge in [0.25, 0.3) is 0 Å². The summed E-state index contributed by atoms with van der Waals surface area (Å²) in [6, 6.07) is 5.16. The highest BCUT2D eigenvalue weighted by Gasteiger charge is 2.18. The Morgan fingerprint density at radius 3 is 2.50 bits per heavy atom. The fourth-order valence-electron chi connectivity index (χ4n) is 1.21. The van der Waals surface area contributed by atoms with Crippen LogP contribution in [0.1, 0.15) is 20.8 Å². The van der Waals surface area contributed by atoms with E-state index in [4.69, 9.17) is 17.3 Å². The van der Waals surface area contributed by atoms with Gasteiger partial charge in [-0.15, -0.1) is 0 Å². The van der Waals surface area contributed by atoms with Crippen LogP contribution in [0.2, 0.25) is 5.02 Å². The Balaban J connectivity index is 2.85. The van der Waals surface area contributed by atoms with Crippen molar-refractivity contribution in [3.8, 4) is 0 Å². The molecule has 0 saturated heterocycles. The van der Waals surface area contributed by atoms with Gasteiger partial charge in [-0.25, -0.2) is 0 Å². The zero-order valence-electron chi connectivity index (χ0n) is 9.75. The highest BCUT2D eigenvalue weighted by molar-refractivity contribution is 6.34. The Morgan fingerprint density at radius 2 is 2.00 bits per heavy atom. The van der Waals surface area contributed by atoms with Gasteiger partial charge in [0.05, 0.1) is 16.4 Å². The predicted octanol–water partition coefficient (Wildman–Crippen LogP) is 3.15. The number of nitrogen functional groups attached to an aromatic ring is 1. The van der Waals surface area contributed by atoms with Gasteiger partial charge in [-0.2, -0.15) is 0 Å². The standard InChI is InChI=1S/C12H17ClN2O/c1-7(2)8(3)12(16)15-11-9(13)5-4-6-10(11)14/h4-8H,14H2,1-3H3,(H,15,16). The summed E-state index contributed by atoms with van der Waals surface area (Å²) in [5.74, 6) is 0.147. The SMILES string of the molecule is CC(C)C(C)C(=O)Nc1c(N)cccc1Cl. The summed E-state index contributed by atoms with van der Waals surface area (Å²) in [5, 5.41) is 3.23. The second-order valence-electron chi connectivity index (χ2n) is 4.23. The molecule has 3 nitrogen and oxygen atoms in total. The lowest BCUT2D eigenvalue weighted by atomic mass is 9.97. The molecule has 0 aliphatic heterocycles. The lowest BCUT2D eigenvalue weighted by molar-refractivity contribution is -0.120. The monoisotopic (exact) mass is 240 g/mol. The molecular formula is C12H17ClN2O. The minimum atomic E-state index is -0.0735. The van der Waals surface area contributed by atoms with Crippen LogP contribution in [0, 0.1) is 11.8 Å². The molecule has 0 spiro atoms. The van der Waals surface area contributed by atoms with Gasteiger partial charge in [0, 0.05) is 5.92 Å². The summed E-state index contributed by atoms with van der Waals surface area (Å²) in [5.41, 5.74) is 6.73. The first-order valence-corrected chi connectivity index (χ1v) is 5.66. The summed E-state index contributed by atoms with van der Waals surface area (Å²) in [4.78, 5) is 11.8. The van der Waals surface area contributed by atoms with E-state index in [1.807, 2.05) is 20.8 Å². The minimum absolute atomic E-state index is 0.0604. The number of hydrogen-bond donors (Lipinski definition) is 2. The fourth-order valence-corrected chi connectivity index (χ4v) is 1.44. The molecule has 0 heterocycles. The first kappa shape index (κ1) is 12.8. The van der Waals surface area contributed by atoms with Crippen molar-refractivity contribution in [3.05, 3.63) is 23.2 Å². The molecule has 0 bridgehead atoms. The molecule has 0 radical (unpaired) electrons. The third kappa shape index (κ3) is 2.89. The molecule has 88 valence electrons. The summed E-state index contributed by atoms with van der Waals surface area (Å²) in [6.45, 7) is 5.88. The van der Waals surface area contributed by atoms with Gasteiger partial charge < -0.3 is 11.1 Å². The largest absolute Gasteiger partial charge is 0.397 e. The van der Waals surface area contributed by atoms with Crippen molar-refractivity contribution in [2.45, 2.75) is 20.8 Å². The Kier molecular flexibility index (Phi) is 4.19. The van der Waals surface area contributed by atoms with E-state index in [1.165, 1.54) is 0 Å². The maximum atomic E-state index is 11.8. The Morgan fingerprint density at radius 1 is 1.38 bits per heavy atom. The molecule has 1 aromatic carbocycles. The van der Waals surface area contributed by atoms with E-state index in [1.54, 1.807) is 18.2 Å². The van der Waals surface area contributed by atoms with Gasteiger partial charge in [-0.05, 0) is 18.1 Å². The maximum absolute atomic E-state index is 11.8. The first-order chi connectivity index (χ1) is 7.43. The van der Waals surface area contributed by atoms with Crippen molar-refractivity contribution in [2.24, 2.45) is 11.8 Å². The van der Waals surface area contributed by atoms with Crippen LogP contribution >= 0.6 is 11.6 Å². The number of nitrogens with one attached hydrogen (secondary N) is 1. The van der Waals surface area contributed by atoms with Crippen LogP contribution in [0.25, 0.3) is 0 Å². The molecule has 1 rings (SSSR count). The number of benzene rings is 1. The third-order valence-corrected chi connectivity index (χ3v) is 3.02. The van der Waals surface area contributed by atoms with Crippen molar-refractivity contribution < 1.29 is 4.79 Å². The number of anilines is 2. The van der Waals surface area contributed by atoms with E-state index in [9.17, 15) is 4.79 Å². The van der Waals surface area contributed by atoms with E-state index in [0.29, 0.717) is 16.4 Å². The molecular weight excluding hydrogens is 224 g/mol. The number of halogens is 1. The highest BCUT2D eigenvalue weighted by atomic mass is 35.5. The Bertz CT molecular complexity index is 370. The molecule has 16 heavy (non-hydrogen) atoms. The normalized spacial score (nSPS) is 12.6. The summed E-state index contributed by atoms with van der Waals surface area (Å²) >= 11 is 5.96. The van der Waals surface area contributed by atoms with Gasteiger partial charge in [0.2, 0.25) is 5.91 Å². The lowest BCUT2D eigenvalue weighted by Crippen LogP contribution is -2.24. The van der Waals surface area contributed by atoms with Crippen molar-refractivity contribution >= 4 is 28.9 Å². The van der Waals surface area contributed by atoms with E-state index in [-0.39, 0.29) is 17.7 Å². The second kappa shape index (κ2) is 5.21. The number of carbonyl (C=O) groups is 1. The Hall–Kier alpha value is -1.22. The number of amides is 1. The highest BCUT2D eigenvalue weighted by Crippen LogP contribution is 2.28. The van der Waals surface area contributed by atoms with Crippen LogP contribution in [0.5, 0.6) is 0 Å². The van der Waals surface area contributed by atoms with Crippen LogP contribution in [0.3, 0.4) is 0 Å². The van der Waals surface area contributed by atoms with Crippen LogP contribution in [0.15, 0.2) is 18.2 Å². The topological polar surface area (TPSA) is 55.1 Å². The molecule has 0 aromatic heterocycles. The average Bonchev–Trinajstić information content (AvgIpc) is 2.22. The van der Waals surface area contributed by atoms with E-state index in [2.05, 4.69) is 5.32 Å². The first-order valence-electron chi connectivity index (χ1n) is 5.28. The number of nitrogens with two attached hydrogens (primary N) is 1. The van der Waals surface area contributed by atoms with Gasteiger partial charge in [-0.1, -0.05) is 38.4 Å². The number of carbonyl (C=O) groups excluding carboxylic acids is 1. The molecule has 1 unspecified atom stereocenters. The third-order valence-electron chi connectivity index (χ3n) is 2.71. The predicted molar refractivity (Wildman–Crippen MR) is 68.5 cm³/mol. The zero-order chi connectivity index (χ0) is 12.3. The fraction of sp³-hybridized carbons (Fsp3) is 0.417. The van der Waals surface area contributed by atoms with Gasteiger partial charge in [0.1, 0.15) is 0 Å². The summed E-state index contributed by atoms with van der Waals surface area (Å²) < 4.78 is 0. The molecule has 1 aromatic rings. The van der Waals surface area contributed by atoms with Gasteiger partial charge >= 0.3 is 0 Å². The van der Waals surface area contributed by atoms with E-state index in [0.717, 1.165) is 0 Å². The molecule has 0 aliphatic rings. The van der Waals surface area contributed by atoms with Crippen LogP contribution in [0.4, 0.5) is 11.4 Å². The average molecular weight is 241 g/mol. The van der Waals surface area contributed by atoms with E-state index >= 15 is 0 Å². The minimum Gasteiger partial charge on any atom is -0.397 e. The number of para-hydroxylation sites is 1. The van der Waals surface area contributed by atoms with Crippen molar-refractivity contribution in [1.82, 2.24) is 0 Å². The number of hydrogen-bond acceptors (Lipinski definition) is 2. The Labute approximate surface area is 101 Å². The smallest absolute Gasteiger partial charge is 0.227 e. The van der Waals surface area contributed by atoms with Crippen LogP contribution in [-0.2, 0) is 4.79 Å². The molecule has 0 fully saturated rings. The zero-order valence-corrected chi connectivity index (χ0v) is 10.5.